The Morgan fingerprint density at radius 3 is 2.76 bits per heavy atom. The summed E-state index contributed by atoms with van der Waals surface area (Å²) in [6.45, 7) is 0. The number of hydrogen-bond acceptors (Lipinski definition) is 5. The minimum absolute atomic E-state index is 0.109. The highest BCUT2D eigenvalue weighted by Crippen LogP contribution is 2.55. The number of pyridine rings is 1. The zero-order chi connectivity index (χ0) is 22.9. The van der Waals surface area contributed by atoms with Crippen molar-refractivity contribution in [3.05, 3.63) is 75.4 Å². The Kier molecular flexibility index (Phi) is 5.05. The standard InChI is InChI=1S/C24H19BrCl2N4O2/c25-16-7-13-2-1-12(8-17(13)30-22(16)27)14-3-5-24(9-14)10-18(19(32)20(24)33)31-6-4-15-21(26)28-11-29-23(15)31/h1-8,11,14,18-20,32-33H,9-10H2/t14-,18+,19-,20-,24-/m0/s1. The van der Waals surface area contributed by atoms with Gasteiger partial charge in [-0.1, -0.05) is 47.5 Å². The van der Waals surface area contributed by atoms with Crippen molar-refractivity contribution in [2.45, 2.75) is 37.0 Å². The van der Waals surface area contributed by atoms with E-state index in [1.54, 1.807) is 0 Å². The van der Waals surface area contributed by atoms with Crippen LogP contribution in [-0.2, 0) is 0 Å². The van der Waals surface area contributed by atoms with E-state index in [1.807, 2.05) is 29.0 Å². The van der Waals surface area contributed by atoms with Gasteiger partial charge in [0.25, 0.3) is 0 Å². The minimum Gasteiger partial charge on any atom is -0.389 e. The highest BCUT2D eigenvalue weighted by atomic mass is 79.9. The summed E-state index contributed by atoms with van der Waals surface area (Å²) in [4.78, 5) is 12.9. The van der Waals surface area contributed by atoms with E-state index in [2.05, 4.69) is 55.2 Å². The molecule has 33 heavy (non-hydrogen) atoms. The fourth-order valence-electron chi connectivity index (χ4n) is 5.47. The lowest BCUT2D eigenvalue weighted by Crippen LogP contribution is -2.34. The predicted molar refractivity (Wildman–Crippen MR) is 132 cm³/mol. The van der Waals surface area contributed by atoms with Gasteiger partial charge in [0.1, 0.15) is 28.4 Å². The third-order valence-electron chi connectivity index (χ3n) is 7.15. The van der Waals surface area contributed by atoms with Crippen LogP contribution in [-0.4, -0.2) is 41.9 Å². The van der Waals surface area contributed by atoms with Crippen LogP contribution < -0.4 is 0 Å². The number of allylic oxidation sites excluding steroid dienone is 1. The second-order valence-electron chi connectivity index (χ2n) is 8.95. The average molecular weight is 546 g/mol. The Balaban J connectivity index is 1.31. The van der Waals surface area contributed by atoms with Gasteiger partial charge in [-0.2, -0.15) is 0 Å². The zero-order valence-electron chi connectivity index (χ0n) is 17.2. The molecule has 3 heterocycles. The first-order valence-corrected chi connectivity index (χ1v) is 12.2. The molecule has 1 spiro atoms. The number of halogens is 3. The van der Waals surface area contributed by atoms with E-state index >= 15 is 0 Å². The highest BCUT2D eigenvalue weighted by Gasteiger charge is 2.54. The van der Waals surface area contributed by atoms with Crippen LogP contribution in [0.1, 0.15) is 30.4 Å². The van der Waals surface area contributed by atoms with Gasteiger partial charge in [0.15, 0.2) is 0 Å². The summed E-state index contributed by atoms with van der Waals surface area (Å²) in [7, 11) is 0. The van der Waals surface area contributed by atoms with Gasteiger partial charge < -0.3 is 14.8 Å². The van der Waals surface area contributed by atoms with Gasteiger partial charge in [-0.05, 0) is 52.5 Å². The summed E-state index contributed by atoms with van der Waals surface area (Å²) < 4.78 is 2.68. The normalized spacial score (nSPS) is 29.1. The van der Waals surface area contributed by atoms with Crippen molar-refractivity contribution in [2.75, 3.05) is 0 Å². The molecule has 1 fully saturated rings. The summed E-state index contributed by atoms with van der Waals surface area (Å²) in [6.07, 6.45) is 6.97. The summed E-state index contributed by atoms with van der Waals surface area (Å²) in [5, 5.41) is 24.7. The maximum atomic E-state index is 11.1. The first-order chi connectivity index (χ1) is 15.9. The zero-order valence-corrected chi connectivity index (χ0v) is 20.3. The second-order valence-corrected chi connectivity index (χ2v) is 10.5. The van der Waals surface area contributed by atoms with Gasteiger partial charge in [-0.25, -0.2) is 15.0 Å². The molecule has 9 heteroatoms. The summed E-state index contributed by atoms with van der Waals surface area (Å²) >= 11 is 15.8. The van der Waals surface area contributed by atoms with Crippen LogP contribution in [0.4, 0.5) is 0 Å². The Hall–Kier alpha value is -2.03. The maximum absolute atomic E-state index is 11.1. The number of benzene rings is 1. The lowest BCUT2D eigenvalue weighted by molar-refractivity contribution is -0.0129. The van der Waals surface area contributed by atoms with Crippen molar-refractivity contribution in [3.8, 4) is 0 Å². The van der Waals surface area contributed by atoms with Crippen LogP contribution >= 0.6 is 39.1 Å². The average Bonchev–Trinajstić information content (AvgIpc) is 3.48. The van der Waals surface area contributed by atoms with Gasteiger partial charge in [0, 0.05) is 22.9 Å². The van der Waals surface area contributed by atoms with Gasteiger partial charge >= 0.3 is 0 Å². The fraction of sp³-hybridized carbons (Fsp3) is 0.292. The quantitative estimate of drug-likeness (QED) is 0.199. The molecule has 6 nitrogen and oxygen atoms in total. The molecule has 6 rings (SSSR count). The third-order valence-corrected chi connectivity index (χ3v) is 8.58. The molecule has 3 aromatic heterocycles. The molecule has 1 saturated carbocycles. The summed E-state index contributed by atoms with van der Waals surface area (Å²) in [5.74, 6) is 0.109. The topological polar surface area (TPSA) is 84.1 Å². The largest absolute Gasteiger partial charge is 0.389 e. The number of aromatic nitrogens is 4. The second kappa shape index (κ2) is 7.75. The number of hydrogen-bond donors (Lipinski definition) is 2. The van der Waals surface area contributed by atoms with E-state index in [0.717, 1.165) is 26.3 Å². The molecule has 2 N–H and O–H groups in total. The van der Waals surface area contributed by atoms with Gasteiger partial charge in [0.05, 0.1) is 27.5 Å². The molecular formula is C24H19BrCl2N4O2. The monoisotopic (exact) mass is 544 g/mol. The molecule has 0 bridgehead atoms. The van der Waals surface area contributed by atoms with Crippen LogP contribution in [0.2, 0.25) is 10.3 Å². The van der Waals surface area contributed by atoms with E-state index in [4.69, 9.17) is 23.2 Å². The molecule has 0 amide bonds. The van der Waals surface area contributed by atoms with Crippen molar-refractivity contribution in [3.63, 3.8) is 0 Å². The Bertz CT molecular complexity index is 1440. The maximum Gasteiger partial charge on any atom is 0.145 e. The van der Waals surface area contributed by atoms with Crippen molar-refractivity contribution in [2.24, 2.45) is 5.41 Å². The van der Waals surface area contributed by atoms with Crippen LogP contribution in [0.3, 0.4) is 0 Å². The first kappa shape index (κ1) is 21.5. The molecule has 168 valence electrons. The fourth-order valence-corrected chi connectivity index (χ4v) is 6.14. The van der Waals surface area contributed by atoms with Gasteiger partial charge in [-0.15, -0.1) is 0 Å². The number of nitrogens with zero attached hydrogens (tertiary/aromatic N) is 4. The van der Waals surface area contributed by atoms with E-state index < -0.39 is 17.6 Å². The first-order valence-electron chi connectivity index (χ1n) is 10.6. The Labute approximate surface area is 208 Å². The summed E-state index contributed by atoms with van der Waals surface area (Å²) in [5.41, 5.74) is 2.07. The van der Waals surface area contributed by atoms with Crippen LogP contribution in [0.5, 0.6) is 0 Å². The molecule has 2 aliphatic carbocycles. The van der Waals surface area contributed by atoms with Crippen LogP contribution in [0.15, 0.2) is 59.5 Å². The van der Waals surface area contributed by atoms with Crippen LogP contribution in [0, 0.1) is 5.41 Å². The third kappa shape index (κ3) is 3.33. The predicted octanol–water partition coefficient (Wildman–Crippen LogP) is 5.45. The van der Waals surface area contributed by atoms with Gasteiger partial charge in [0.2, 0.25) is 0 Å². The SMILES string of the molecule is O[C@H]1[C@H](n2ccc3c(Cl)ncnc32)C[C@@]2(C=C[C@H](c3ccc4cc(Br)c(Cl)nc4c3)C2)[C@H]1O. The Morgan fingerprint density at radius 2 is 1.91 bits per heavy atom. The van der Waals surface area contributed by atoms with E-state index in [1.165, 1.54) is 6.33 Å². The molecule has 1 aromatic carbocycles. The minimum atomic E-state index is -0.924. The smallest absolute Gasteiger partial charge is 0.145 e. The Morgan fingerprint density at radius 1 is 1.06 bits per heavy atom. The van der Waals surface area contributed by atoms with Crippen molar-refractivity contribution < 1.29 is 10.2 Å². The lowest BCUT2D eigenvalue weighted by atomic mass is 9.80. The molecule has 0 aliphatic heterocycles. The molecular weight excluding hydrogens is 527 g/mol. The van der Waals surface area contributed by atoms with E-state index in [9.17, 15) is 10.2 Å². The molecule has 0 unspecified atom stereocenters. The number of rotatable bonds is 2. The lowest BCUT2D eigenvalue weighted by Gasteiger charge is -2.27. The van der Waals surface area contributed by atoms with Crippen LogP contribution in [0.25, 0.3) is 21.9 Å². The number of aliphatic hydroxyl groups is 2. The van der Waals surface area contributed by atoms with Gasteiger partial charge in [-0.3, -0.25) is 0 Å². The van der Waals surface area contributed by atoms with Crippen molar-refractivity contribution >= 4 is 61.1 Å². The highest BCUT2D eigenvalue weighted by molar-refractivity contribution is 9.10. The molecule has 0 saturated heterocycles. The van der Waals surface area contributed by atoms with E-state index in [0.29, 0.717) is 28.8 Å². The van der Waals surface area contributed by atoms with Crippen molar-refractivity contribution in [1.82, 2.24) is 19.5 Å². The van der Waals surface area contributed by atoms with Crippen molar-refractivity contribution in [1.29, 1.82) is 0 Å². The number of aliphatic hydroxyl groups excluding tert-OH is 2. The molecule has 5 atom stereocenters. The summed E-state index contributed by atoms with van der Waals surface area (Å²) in [6, 6.07) is 9.66. The van der Waals surface area contributed by atoms with E-state index in [-0.39, 0.29) is 12.0 Å². The molecule has 2 aliphatic rings. The molecule has 4 aromatic rings. The molecule has 0 radical (unpaired) electrons. The number of fused-ring (bicyclic) bond motifs is 2.